The molecule has 0 saturated heterocycles. The van der Waals surface area contributed by atoms with Crippen molar-refractivity contribution in [2.75, 3.05) is 11.9 Å². The largest absolute Gasteiger partial charge is 0.405 e. The van der Waals surface area contributed by atoms with Gasteiger partial charge in [0.25, 0.3) is 5.91 Å². The lowest BCUT2D eigenvalue weighted by molar-refractivity contribution is -0.139. The molecule has 10 nitrogen and oxygen atoms in total. The van der Waals surface area contributed by atoms with E-state index in [1.54, 1.807) is 5.32 Å². The number of rotatable bonds is 12. The van der Waals surface area contributed by atoms with Crippen LogP contribution in [0.25, 0.3) is 0 Å². The molecule has 2 atom stereocenters. The summed E-state index contributed by atoms with van der Waals surface area (Å²) in [6, 6.07) is 2.15. The van der Waals surface area contributed by atoms with E-state index in [9.17, 15) is 32.3 Å². The Balaban J connectivity index is 1.60. The molecule has 2 fully saturated rings. The average molecular weight is 595 g/mol. The predicted molar refractivity (Wildman–Crippen MR) is 144 cm³/mol. The smallest absolute Gasteiger partial charge is 0.366 e. The van der Waals surface area contributed by atoms with Crippen LogP contribution in [0.15, 0.2) is 24.4 Å². The Labute approximate surface area is 239 Å². The summed E-state index contributed by atoms with van der Waals surface area (Å²) in [7, 11) is 0. The minimum Gasteiger partial charge on any atom is -0.366 e. The highest BCUT2D eigenvalue weighted by molar-refractivity contribution is 6.03. The second kappa shape index (κ2) is 12.1. The Hall–Kier alpha value is -3.97. The number of anilines is 1. The van der Waals surface area contributed by atoms with Crippen molar-refractivity contribution in [1.82, 2.24) is 20.4 Å². The molecule has 0 aliphatic heterocycles. The van der Waals surface area contributed by atoms with Gasteiger partial charge in [0.05, 0.1) is 11.6 Å². The van der Waals surface area contributed by atoms with Crippen LogP contribution in [-0.4, -0.2) is 52.2 Å². The van der Waals surface area contributed by atoms with Gasteiger partial charge in [-0.05, 0) is 88.0 Å². The quantitative estimate of drug-likeness (QED) is 0.277. The molecule has 0 spiro atoms. The zero-order valence-corrected chi connectivity index (χ0v) is 23.4. The van der Waals surface area contributed by atoms with Gasteiger partial charge < -0.3 is 21.7 Å². The topological polar surface area (TPSA) is 148 Å². The molecule has 2 aliphatic carbocycles. The van der Waals surface area contributed by atoms with Crippen molar-refractivity contribution >= 4 is 29.3 Å². The highest BCUT2D eigenvalue weighted by Gasteiger charge is 2.48. The molecule has 1 aromatic carbocycles. The summed E-state index contributed by atoms with van der Waals surface area (Å²) in [5.41, 5.74) is 4.72. The lowest BCUT2D eigenvalue weighted by Gasteiger charge is -2.28. The lowest BCUT2D eigenvalue weighted by Crippen LogP contribution is -2.50. The molecule has 1 aromatic heterocycles. The van der Waals surface area contributed by atoms with Gasteiger partial charge in [-0.25, -0.2) is 4.39 Å². The van der Waals surface area contributed by atoms with Crippen LogP contribution < -0.4 is 21.7 Å². The number of nitrogens with two attached hydrogens (primary N) is 1. The number of hydrogen-bond donors (Lipinski definition) is 4. The van der Waals surface area contributed by atoms with Gasteiger partial charge in [-0.1, -0.05) is 0 Å². The van der Waals surface area contributed by atoms with Crippen LogP contribution in [0, 0.1) is 23.6 Å². The van der Waals surface area contributed by atoms with Crippen LogP contribution >= 0.6 is 0 Å². The fraction of sp³-hybridized carbons (Fsp3) is 0.536. The number of benzene rings is 1. The Bertz CT molecular complexity index is 1350. The number of primary amides is 1. The fourth-order valence-electron chi connectivity index (χ4n) is 5.30. The van der Waals surface area contributed by atoms with E-state index in [4.69, 9.17) is 5.73 Å². The number of alkyl halides is 3. The van der Waals surface area contributed by atoms with E-state index in [0.717, 1.165) is 37.8 Å². The molecule has 2 aromatic rings. The first-order valence-electron chi connectivity index (χ1n) is 13.8. The monoisotopic (exact) mass is 594 g/mol. The van der Waals surface area contributed by atoms with E-state index < -0.39 is 59.8 Å². The highest BCUT2D eigenvalue weighted by Crippen LogP contribution is 2.51. The van der Waals surface area contributed by atoms with Crippen molar-refractivity contribution in [2.45, 2.75) is 70.6 Å². The van der Waals surface area contributed by atoms with Crippen molar-refractivity contribution in [3.05, 3.63) is 47.0 Å². The van der Waals surface area contributed by atoms with E-state index in [0.29, 0.717) is 0 Å². The molecule has 5 N–H and O–H groups in total. The van der Waals surface area contributed by atoms with Crippen molar-refractivity contribution in [1.29, 1.82) is 0 Å². The standard InChI is InChI=1S/C28H34F4N6O4/c1-13(2)38-21(8-9-35-38)26(41)37-23(22(15-4-5-15)16-6-7-16)27(42)36-20-11-18(24(33)39)17(10-19(20)29)14(3)25(40)34-12-28(30,31)32/h8-11,13-16,22-23H,4-7,12H2,1-3H3,(H2,33,39)(H,34,40)(H,36,42)(H,37,41). The molecule has 4 amide bonds. The Morgan fingerprint density at radius 3 is 2.19 bits per heavy atom. The first-order valence-corrected chi connectivity index (χ1v) is 13.8. The Morgan fingerprint density at radius 1 is 1.05 bits per heavy atom. The minimum atomic E-state index is -4.67. The summed E-state index contributed by atoms with van der Waals surface area (Å²) in [6.07, 6.45) is 0.403. The second-order valence-electron chi connectivity index (χ2n) is 11.3. The third-order valence-electron chi connectivity index (χ3n) is 7.66. The van der Waals surface area contributed by atoms with Crippen LogP contribution in [0.2, 0.25) is 0 Å². The molecule has 2 unspecified atom stereocenters. The Morgan fingerprint density at radius 2 is 1.67 bits per heavy atom. The maximum absolute atomic E-state index is 15.3. The summed E-state index contributed by atoms with van der Waals surface area (Å²) >= 11 is 0. The molecule has 0 radical (unpaired) electrons. The van der Waals surface area contributed by atoms with Gasteiger partial charge in [-0.15, -0.1) is 0 Å². The van der Waals surface area contributed by atoms with E-state index >= 15 is 4.39 Å². The van der Waals surface area contributed by atoms with Crippen LogP contribution in [0.4, 0.5) is 23.2 Å². The number of carbonyl (C=O) groups excluding carboxylic acids is 4. The van der Waals surface area contributed by atoms with Gasteiger partial charge in [0.1, 0.15) is 24.1 Å². The average Bonchev–Trinajstić information content (AvgIpc) is 3.85. The van der Waals surface area contributed by atoms with Crippen molar-refractivity contribution < 1.29 is 36.7 Å². The van der Waals surface area contributed by atoms with Gasteiger partial charge in [0, 0.05) is 17.8 Å². The van der Waals surface area contributed by atoms with Gasteiger partial charge in [0.15, 0.2) is 0 Å². The van der Waals surface area contributed by atoms with Gasteiger partial charge >= 0.3 is 6.18 Å². The first-order chi connectivity index (χ1) is 19.7. The van der Waals surface area contributed by atoms with Crippen molar-refractivity contribution in [3.63, 3.8) is 0 Å². The van der Waals surface area contributed by atoms with Crippen molar-refractivity contribution in [3.8, 4) is 0 Å². The maximum Gasteiger partial charge on any atom is 0.405 e. The fourth-order valence-corrected chi connectivity index (χ4v) is 5.30. The molecule has 228 valence electrons. The normalized spacial score (nSPS) is 16.7. The highest BCUT2D eigenvalue weighted by atomic mass is 19.4. The minimum absolute atomic E-state index is 0.117. The predicted octanol–water partition coefficient (Wildman–Crippen LogP) is 3.66. The van der Waals surface area contributed by atoms with E-state index in [1.807, 2.05) is 13.8 Å². The number of hydrogen-bond acceptors (Lipinski definition) is 5. The summed E-state index contributed by atoms with van der Waals surface area (Å²) in [4.78, 5) is 51.5. The van der Waals surface area contributed by atoms with E-state index in [-0.39, 0.29) is 40.6 Å². The zero-order chi connectivity index (χ0) is 30.9. The summed E-state index contributed by atoms with van der Waals surface area (Å²) in [5, 5.41) is 11.2. The summed E-state index contributed by atoms with van der Waals surface area (Å²) in [6.45, 7) is 3.31. The molecular weight excluding hydrogens is 560 g/mol. The van der Waals surface area contributed by atoms with Crippen molar-refractivity contribution in [2.24, 2.45) is 23.5 Å². The second-order valence-corrected chi connectivity index (χ2v) is 11.3. The number of nitrogens with zero attached hydrogens (tertiary/aromatic N) is 2. The van der Waals surface area contributed by atoms with Gasteiger partial charge in [-0.2, -0.15) is 18.3 Å². The first kappa shape index (κ1) is 31.0. The van der Waals surface area contributed by atoms with Crippen LogP contribution in [-0.2, 0) is 9.59 Å². The molecule has 1 heterocycles. The number of halogens is 4. The number of carbonyl (C=O) groups is 4. The molecule has 2 aliphatic rings. The molecular formula is C28H34F4N6O4. The molecule has 0 bridgehead atoms. The number of aromatic nitrogens is 2. The SMILES string of the molecule is CC(C(=O)NCC(F)(F)F)c1cc(F)c(NC(=O)C(NC(=O)c2ccnn2C(C)C)C(C2CC2)C2CC2)cc1C(N)=O. The summed E-state index contributed by atoms with van der Waals surface area (Å²) in [5.74, 6) is -5.51. The zero-order valence-electron chi connectivity index (χ0n) is 23.4. The van der Waals surface area contributed by atoms with Gasteiger partial charge in [-0.3, -0.25) is 23.9 Å². The Kier molecular flexibility index (Phi) is 8.92. The van der Waals surface area contributed by atoms with Gasteiger partial charge in [0.2, 0.25) is 17.7 Å². The molecule has 2 saturated carbocycles. The van der Waals surface area contributed by atoms with E-state index in [2.05, 4.69) is 15.7 Å². The van der Waals surface area contributed by atoms with E-state index in [1.165, 1.54) is 23.9 Å². The molecule has 42 heavy (non-hydrogen) atoms. The maximum atomic E-state index is 15.3. The van der Waals surface area contributed by atoms with Crippen LogP contribution in [0.3, 0.4) is 0 Å². The lowest BCUT2D eigenvalue weighted by atomic mass is 9.88. The number of amides is 4. The molecule has 14 heteroatoms. The third kappa shape index (κ3) is 7.26. The van der Waals surface area contributed by atoms with Crippen LogP contribution in [0.5, 0.6) is 0 Å². The summed E-state index contributed by atoms with van der Waals surface area (Å²) < 4.78 is 54.5. The molecule has 4 rings (SSSR count). The van der Waals surface area contributed by atoms with Crippen LogP contribution in [0.1, 0.15) is 84.8 Å². The third-order valence-corrected chi connectivity index (χ3v) is 7.66. The number of nitrogens with one attached hydrogen (secondary N) is 3.